The molecule has 0 radical (unpaired) electrons. The standard InChI is InChI=1S/C20H20FN3O2/c21-15-8-5-13(6-9-15)12-22-19(25)14-7-10-18-17(11-14)23-20(26)24(18)16-3-1-2-4-16/h5-11,16H,1-4,12H2,(H,22,25)(H,23,26). The number of aromatic amines is 1. The first kappa shape index (κ1) is 16.6. The van der Waals surface area contributed by atoms with Gasteiger partial charge >= 0.3 is 5.69 Å². The van der Waals surface area contributed by atoms with Crippen LogP contribution in [0.25, 0.3) is 11.0 Å². The maximum Gasteiger partial charge on any atom is 0.326 e. The second kappa shape index (κ2) is 6.78. The van der Waals surface area contributed by atoms with Gasteiger partial charge in [-0.2, -0.15) is 0 Å². The Morgan fingerprint density at radius 2 is 1.88 bits per heavy atom. The lowest BCUT2D eigenvalue weighted by atomic mass is 10.1. The summed E-state index contributed by atoms with van der Waals surface area (Å²) in [5.74, 6) is -0.535. The first-order valence-corrected chi connectivity index (χ1v) is 8.89. The minimum Gasteiger partial charge on any atom is -0.348 e. The van der Waals surface area contributed by atoms with E-state index >= 15 is 0 Å². The van der Waals surface area contributed by atoms with Gasteiger partial charge in [0, 0.05) is 18.2 Å². The lowest BCUT2D eigenvalue weighted by molar-refractivity contribution is 0.0951. The Labute approximate surface area is 149 Å². The molecule has 1 heterocycles. The van der Waals surface area contributed by atoms with Crippen molar-refractivity contribution < 1.29 is 9.18 Å². The molecule has 0 saturated heterocycles. The fourth-order valence-corrected chi connectivity index (χ4v) is 3.68. The maximum atomic E-state index is 12.9. The molecular weight excluding hydrogens is 333 g/mol. The number of nitrogens with one attached hydrogen (secondary N) is 2. The van der Waals surface area contributed by atoms with Crippen molar-refractivity contribution in [3.8, 4) is 0 Å². The smallest absolute Gasteiger partial charge is 0.326 e. The molecule has 0 spiro atoms. The van der Waals surface area contributed by atoms with Crippen LogP contribution in [0.3, 0.4) is 0 Å². The third kappa shape index (κ3) is 3.14. The Hall–Kier alpha value is -2.89. The summed E-state index contributed by atoms with van der Waals surface area (Å²) < 4.78 is 14.7. The number of halogens is 1. The van der Waals surface area contributed by atoms with E-state index in [2.05, 4.69) is 10.3 Å². The second-order valence-corrected chi connectivity index (χ2v) is 6.78. The van der Waals surface area contributed by atoms with Gasteiger partial charge in [0.05, 0.1) is 11.0 Å². The normalized spacial score (nSPS) is 14.8. The topological polar surface area (TPSA) is 66.9 Å². The summed E-state index contributed by atoms with van der Waals surface area (Å²) in [5.41, 5.74) is 2.71. The van der Waals surface area contributed by atoms with Crippen LogP contribution in [0.15, 0.2) is 47.3 Å². The lowest BCUT2D eigenvalue weighted by Gasteiger charge is -2.11. The number of fused-ring (bicyclic) bond motifs is 1. The van der Waals surface area contributed by atoms with Gasteiger partial charge in [-0.15, -0.1) is 0 Å². The predicted octanol–water partition coefficient (Wildman–Crippen LogP) is 3.51. The number of amides is 1. The van der Waals surface area contributed by atoms with Gasteiger partial charge in [-0.3, -0.25) is 9.36 Å². The van der Waals surface area contributed by atoms with Gasteiger partial charge in [0.15, 0.2) is 0 Å². The first-order valence-electron chi connectivity index (χ1n) is 8.89. The van der Waals surface area contributed by atoms with Crippen molar-refractivity contribution in [2.75, 3.05) is 0 Å². The second-order valence-electron chi connectivity index (χ2n) is 6.78. The lowest BCUT2D eigenvalue weighted by Crippen LogP contribution is -2.22. The Kier molecular flexibility index (Phi) is 4.32. The van der Waals surface area contributed by atoms with E-state index in [0.717, 1.165) is 36.8 Å². The average molecular weight is 353 g/mol. The summed E-state index contributed by atoms with van der Waals surface area (Å²) in [5, 5.41) is 2.82. The number of hydrogen-bond donors (Lipinski definition) is 2. The molecule has 1 aromatic heterocycles. The quantitative estimate of drug-likeness (QED) is 0.754. The third-order valence-electron chi connectivity index (χ3n) is 5.03. The summed E-state index contributed by atoms with van der Waals surface area (Å²) in [4.78, 5) is 27.6. The average Bonchev–Trinajstić information content (AvgIpc) is 3.26. The Morgan fingerprint density at radius 3 is 2.62 bits per heavy atom. The predicted molar refractivity (Wildman–Crippen MR) is 97.6 cm³/mol. The molecule has 1 aliphatic carbocycles. The summed E-state index contributed by atoms with van der Waals surface area (Å²) in [6, 6.07) is 11.5. The molecule has 1 fully saturated rings. The summed E-state index contributed by atoms with van der Waals surface area (Å²) in [6.07, 6.45) is 4.33. The number of aromatic nitrogens is 2. The highest BCUT2D eigenvalue weighted by Gasteiger charge is 2.21. The van der Waals surface area contributed by atoms with Crippen LogP contribution in [-0.2, 0) is 6.54 Å². The van der Waals surface area contributed by atoms with E-state index in [4.69, 9.17) is 0 Å². The highest BCUT2D eigenvalue weighted by atomic mass is 19.1. The molecule has 6 heteroatoms. The van der Waals surface area contributed by atoms with E-state index < -0.39 is 0 Å². The van der Waals surface area contributed by atoms with Crippen molar-refractivity contribution >= 4 is 16.9 Å². The van der Waals surface area contributed by atoms with Gasteiger partial charge in [-0.05, 0) is 48.7 Å². The molecule has 4 rings (SSSR count). The van der Waals surface area contributed by atoms with Gasteiger partial charge in [-0.1, -0.05) is 25.0 Å². The highest BCUT2D eigenvalue weighted by Crippen LogP contribution is 2.30. The zero-order valence-electron chi connectivity index (χ0n) is 14.3. The number of carbonyl (C=O) groups excluding carboxylic acids is 1. The van der Waals surface area contributed by atoms with Crippen LogP contribution in [0.1, 0.15) is 47.6 Å². The fourth-order valence-electron chi connectivity index (χ4n) is 3.68. The zero-order valence-corrected chi connectivity index (χ0v) is 14.3. The number of nitrogens with zero attached hydrogens (tertiary/aromatic N) is 1. The van der Waals surface area contributed by atoms with Gasteiger partial charge in [0.25, 0.3) is 5.91 Å². The van der Waals surface area contributed by atoms with Crippen molar-refractivity contribution in [2.24, 2.45) is 0 Å². The van der Waals surface area contributed by atoms with Crippen LogP contribution in [0, 0.1) is 5.82 Å². The number of carbonyl (C=O) groups is 1. The van der Waals surface area contributed by atoms with E-state index in [0.29, 0.717) is 17.6 Å². The van der Waals surface area contributed by atoms with Crippen molar-refractivity contribution in [3.05, 3.63) is 69.9 Å². The molecular formula is C20H20FN3O2. The largest absolute Gasteiger partial charge is 0.348 e. The first-order chi connectivity index (χ1) is 12.6. The third-order valence-corrected chi connectivity index (χ3v) is 5.03. The zero-order chi connectivity index (χ0) is 18.1. The van der Waals surface area contributed by atoms with Crippen molar-refractivity contribution in [1.29, 1.82) is 0 Å². The summed E-state index contributed by atoms with van der Waals surface area (Å²) >= 11 is 0. The summed E-state index contributed by atoms with van der Waals surface area (Å²) in [7, 11) is 0. The molecule has 1 amide bonds. The van der Waals surface area contributed by atoms with Gasteiger partial charge in [-0.25, -0.2) is 9.18 Å². The van der Waals surface area contributed by atoms with Gasteiger partial charge in [0.2, 0.25) is 0 Å². The molecule has 26 heavy (non-hydrogen) atoms. The minimum atomic E-state index is -0.304. The Bertz CT molecular complexity index is 998. The van der Waals surface area contributed by atoms with Crippen LogP contribution < -0.4 is 11.0 Å². The Morgan fingerprint density at radius 1 is 1.15 bits per heavy atom. The van der Waals surface area contributed by atoms with E-state index in [1.807, 2.05) is 10.6 Å². The number of rotatable bonds is 4. The number of benzene rings is 2. The number of hydrogen-bond acceptors (Lipinski definition) is 2. The molecule has 0 aliphatic heterocycles. The minimum absolute atomic E-state index is 0.115. The van der Waals surface area contributed by atoms with Crippen LogP contribution in [0.4, 0.5) is 4.39 Å². The molecule has 134 valence electrons. The van der Waals surface area contributed by atoms with Crippen molar-refractivity contribution in [3.63, 3.8) is 0 Å². The van der Waals surface area contributed by atoms with Crippen LogP contribution in [-0.4, -0.2) is 15.5 Å². The van der Waals surface area contributed by atoms with Gasteiger partial charge in [0.1, 0.15) is 5.82 Å². The molecule has 3 aromatic rings. The molecule has 1 aliphatic rings. The number of H-pyrrole nitrogens is 1. The molecule has 0 atom stereocenters. The number of imidazole rings is 1. The summed E-state index contributed by atoms with van der Waals surface area (Å²) in [6.45, 7) is 0.316. The molecule has 0 bridgehead atoms. The van der Waals surface area contributed by atoms with Crippen LogP contribution >= 0.6 is 0 Å². The molecule has 2 aromatic carbocycles. The molecule has 5 nitrogen and oxygen atoms in total. The van der Waals surface area contributed by atoms with Crippen molar-refractivity contribution in [2.45, 2.75) is 38.3 Å². The van der Waals surface area contributed by atoms with E-state index in [9.17, 15) is 14.0 Å². The fraction of sp³-hybridized carbons (Fsp3) is 0.300. The molecule has 2 N–H and O–H groups in total. The molecule has 0 unspecified atom stereocenters. The van der Waals surface area contributed by atoms with Crippen molar-refractivity contribution in [1.82, 2.24) is 14.9 Å². The van der Waals surface area contributed by atoms with E-state index in [-0.39, 0.29) is 23.5 Å². The van der Waals surface area contributed by atoms with Gasteiger partial charge < -0.3 is 10.3 Å². The SMILES string of the molecule is O=C(NCc1ccc(F)cc1)c1ccc2c(c1)[nH]c(=O)n2C1CCCC1. The molecule has 1 saturated carbocycles. The van der Waals surface area contributed by atoms with E-state index in [1.54, 1.807) is 24.3 Å². The monoisotopic (exact) mass is 353 g/mol. The van der Waals surface area contributed by atoms with Crippen LogP contribution in [0.2, 0.25) is 0 Å². The highest BCUT2D eigenvalue weighted by molar-refractivity contribution is 5.97. The van der Waals surface area contributed by atoms with Crippen LogP contribution in [0.5, 0.6) is 0 Å². The maximum absolute atomic E-state index is 12.9. The Balaban J connectivity index is 1.54. The van der Waals surface area contributed by atoms with E-state index in [1.165, 1.54) is 12.1 Å².